The van der Waals surface area contributed by atoms with E-state index in [1.165, 1.54) is 16.7 Å². The third-order valence-corrected chi connectivity index (χ3v) is 7.88. The fourth-order valence-corrected chi connectivity index (χ4v) is 6.22. The first-order valence-corrected chi connectivity index (χ1v) is 11.6. The third-order valence-electron chi connectivity index (χ3n) is 7.39. The highest BCUT2D eigenvalue weighted by atomic mass is 79.9. The summed E-state index contributed by atoms with van der Waals surface area (Å²) < 4.78 is 2.80. The van der Waals surface area contributed by atoms with Crippen LogP contribution in [0.25, 0.3) is 0 Å². The molecule has 160 valence electrons. The number of carboxylic acid groups (broad SMARTS) is 1. The average molecular weight is 480 g/mol. The van der Waals surface area contributed by atoms with Gasteiger partial charge in [-0.2, -0.15) is 5.10 Å². The van der Waals surface area contributed by atoms with Gasteiger partial charge in [0.05, 0.1) is 6.20 Å². The molecule has 31 heavy (non-hydrogen) atoms. The van der Waals surface area contributed by atoms with Crippen LogP contribution in [-0.4, -0.2) is 26.4 Å². The fourth-order valence-electron chi connectivity index (χ4n) is 5.82. The SMILES string of the molecule is Cn1cc(C2Cc3ccccc3C23CCC(Nc2cccc(Br)c2)(C(=O)O)CC3)cn1. The predicted octanol–water partition coefficient (Wildman–Crippen LogP) is 5.27. The predicted molar refractivity (Wildman–Crippen MR) is 124 cm³/mol. The molecular formula is C25H26BrN3O2. The van der Waals surface area contributed by atoms with Crippen molar-refractivity contribution in [2.45, 2.75) is 49.0 Å². The molecule has 1 unspecified atom stereocenters. The smallest absolute Gasteiger partial charge is 0.329 e. The zero-order valence-corrected chi connectivity index (χ0v) is 19.1. The van der Waals surface area contributed by atoms with E-state index in [0.717, 1.165) is 29.4 Å². The first-order valence-electron chi connectivity index (χ1n) is 10.8. The van der Waals surface area contributed by atoms with Gasteiger partial charge in [-0.05, 0) is 67.0 Å². The second kappa shape index (κ2) is 7.52. The van der Waals surface area contributed by atoms with Crippen LogP contribution in [0.5, 0.6) is 0 Å². The van der Waals surface area contributed by atoms with Crippen LogP contribution in [-0.2, 0) is 23.7 Å². The zero-order chi connectivity index (χ0) is 21.6. The van der Waals surface area contributed by atoms with Crippen molar-refractivity contribution in [3.8, 4) is 0 Å². The first-order chi connectivity index (χ1) is 14.9. The van der Waals surface area contributed by atoms with E-state index in [1.54, 1.807) is 0 Å². The number of aryl methyl sites for hydroxylation is 1. The molecule has 1 aromatic heterocycles. The first kappa shape index (κ1) is 20.3. The van der Waals surface area contributed by atoms with Gasteiger partial charge in [0.15, 0.2) is 0 Å². The van der Waals surface area contributed by atoms with Crippen LogP contribution >= 0.6 is 15.9 Å². The number of nitrogens with one attached hydrogen (secondary N) is 1. The van der Waals surface area contributed by atoms with Crippen LogP contribution in [0.1, 0.15) is 48.3 Å². The number of anilines is 1. The van der Waals surface area contributed by atoms with Crippen LogP contribution in [0, 0.1) is 0 Å². The number of benzene rings is 2. The second-order valence-electron chi connectivity index (χ2n) is 9.04. The maximum absolute atomic E-state index is 12.5. The van der Waals surface area contributed by atoms with Gasteiger partial charge in [0, 0.05) is 34.7 Å². The monoisotopic (exact) mass is 479 g/mol. The molecule has 1 spiro atoms. The molecule has 1 heterocycles. The molecule has 0 amide bonds. The van der Waals surface area contributed by atoms with Gasteiger partial charge in [0.1, 0.15) is 5.54 Å². The van der Waals surface area contributed by atoms with E-state index >= 15 is 0 Å². The molecule has 6 heteroatoms. The fraction of sp³-hybridized carbons (Fsp3) is 0.360. The Kier molecular flexibility index (Phi) is 4.93. The summed E-state index contributed by atoms with van der Waals surface area (Å²) in [6.07, 6.45) is 7.92. The highest BCUT2D eigenvalue weighted by Crippen LogP contribution is 2.57. The number of aliphatic carboxylic acids is 1. The Labute approximate surface area is 190 Å². The molecule has 2 aliphatic carbocycles. The maximum Gasteiger partial charge on any atom is 0.329 e. The molecule has 0 saturated heterocycles. The Morgan fingerprint density at radius 2 is 1.94 bits per heavy atom. The van der Waals surface area contributed by atoms with E-state index in [9.17, 15) is 9.90 Å². The van der Waals surface area contributed by atoms with Gasteiger partial charge in [-0.3, -0.25) is 4.68 Å². The summed E-state index contributed by atoms with van der Waals surface area (Å²) in [6, 6.07) is 16.5. The molecular weight excluding hydrogens is 454 g/mol. The standard InChI is InChI=1S/C25H26BrN3O2/c1-29-16-18(15-27-29)22-13-17-5-2-3-8-21(17)24(22)9-11-25(12-10-24,23(30)31)28-20-7-4-6-19(26)14-20/h2-8,14-16,22,28H,9-13H2,1H3,(H,30,31). The summed E-state index contributed by atoms with van der Waals surface area (Å²) in [5, 5.41) is 18.1. The van der Waals surface area contributed by atoms with Crippen molar-refractivity contribution in [1.29, 1.82) is 0 Å². The van der Waals surface area contributed by atoms with Crippen LogP contribution in [0.4, 0.5) is 5.69 Å². The Morgan fingerprint density at radius 1 is 1.16 bits per heavy atom. The van der Waals surface area contributed by atoms with Crippen LogP contribution in [0.15, 0.2) is 65.4 Å². The van der Waals surface area contributed by atoms with Crippen molar-refractivity contribution in [3.05, 3.63) is 82.1 Å². The van der Waals surface area contributed by atoms with E-state index < -0.39 is 11.5 Å². The maximum atomic E-state index is 12.5. The minimum atomic E-state index is -0.955. The summed E-state index contributed by atoms with van der Waals surface area (Å²) in [6.45, 7) is 0. The Bertz CT molecular complexity index is 1130. The van der Waals surface area contributed by atoms with Gasteiger partial charge < -0.3 is 10.4 Å². The number of carbonyl (C=O) groups is 1. The van der Waals surface area contributed by atoms with Gasteiger partial charge in [-0.25, -0.2) is 4.79 Å². The van der Waals surface area contributed by atoms with Crippen molar-refractivity contribution in [3.63, 3.8) is 0 Å². The van der Waals surface area contributed by atoms with Gasteiger partial charge >= 0.3 is 5.97 Å². The lowest BCUT2D eigenvalue weighted by Gasteiger charge is -2.46. The zero-order valence-electron chi connectivity index (χ0n) is 17.5. The number of rotatable bonds is 4. The van der Waals surface area contributed by atoms with E-state index in [4.69, 9.17) is 0 Å². The molecule has 0 bridgehead atoms. The highest BCUT2D eigenvalue weighted by molar-refractivity contribution is 9.10. The topological polar surface area (TPSA) is 67.2 Å². The molecule has 3 aromatic rings. The molecule has 1 saturated carbocycles. The van der Waals surface area contributed by atoms with Crippen molar-refractivity contribution in [2.75, 3.05) is 5.32 Å². The summed E-state index contributed by atoms with van der Waals surface area (Å²) in [5.41, 5.74) is 3.87. The van der Waals surface area contributed by atoms with Crippen molar-refractivity contribution in [1.82, 2.24) is 9.78 Å². The highest BCUT2D eigenvalue weighted by Gasteiger charge is 2.54. The Hall–Kier alpha value is -2.60. The molecule has 2 N–H and O–H groups in total. The largest absolute Gasteiger partial charge is 0.480 e. The average Bonchev–Trinajstić information content (AvgIpc) is 3.32. The van der Waals surface area contributed by atoms with Gasteiger partial charge in [0.25, 0.3) is 0 Å². The number of hydrogen-bond acceptors (Lipinski definition) is 3. The lowest BCUT2D eigenvalue weighted by molar-refractivity contribution is -0.144. The summed E-state index contributed by atoms with van der Waals surface area (Å²) >= 11 is 3.49. The van der Waals surface area contributed by atoms with Crippen molar-refractivity contribution >= 4 is 27.6 Å². The molecule has 5 rings (SSSR count). The van der Waals surface area contributed by atoms with Gasteiger partial charge in [-0.1, -0.05) is 46.3 Å². The van der Waals surface area contributed by atoms with Crippen molar-refractivity contribution < 1.29 is 9.90 Å². The quantitative estimate of drug-likeness (QED) is 0.534. The van der Waals surface area contributed by atoms with E-state index in [-0.39, 0.29) is 5.41 Å². The second-order valence-corrected chi connectivity index (χ2v) is 9.96. The van der Waals surface area contributed by atoms with Crippen molar-refractivity contribution in [2.24, 2.45) is 7.05 Å². The minimum Gasteiger partial charge on any atom is -0.480 e. The van der Waals surface area contributed by atoms with E-state index in [0.29, 0.717) is 18.8 Å². The van der Waals surface area contributed by atoms with Crippen LogP contribution in [0.3, 0.4) is 0 Å². The van der Waals surface area contributed by atoms with Crippen LogP contribution < -0.4 is 5.32 Å². The number of hydrogen-bond donors (Lipinski definition) is 2. The molecule has 2 aliphatic rings. The number of carboxylic acids is 1. The summed E-state index contributed by atoms with van der Waals surface area (Å²) in [5.74, 6) is -0.442. The van der Waals surface area contributed by atoms with Gasteiger partial charge in [0.2, 0.25) is 0 Å². The van der Waals surface area contributed by atoms with E-state index in [2.05, 4.69) is 56.8 Å². The van der Waals surface area contributed by atoms with Crippen LogP contribution in [0.2, 0.25) is 0 Å². The Morgan fingerprint density at radius 3 is 2.61 bits per heavy atom. The van der Waals surface area contributed by atoms with E-state index in [1.807, 2.05) is 42.2 Å². The number of halogens is 1. The lowest BCUT2D eigenvalue weighted by Crippen LogP contribution is -2.52. The third kappa shape index (κ3) is 3.37. The summed E-state index contributed by atoms with van der Waals surface area (Å²) in [4.78, 5) is 12.5. The lowest BCUT2D eigenvalue weighted by atomic mass is 9.60. The summed E-state index contributed by atoms with van der Waals surface area (Å²) in [7, 11) is 1.95. The Balaban J connectivity index is 1.50. The molecule has 5 nitrogen and oxygen atoms in total. The normalized spacial score (nSPS) is 27.2. The molecule has 0 radical (unpaired) electrons. The molecule has 0 aliphatic heterocycles. The number of fused-ring (bicyclic) bond motifs is 2. The molecule has 1 atom stereocenters. The van der Waals surface area contributed by atoms with Gasteiger partial charge in [-0.15, -0.1) is 0 Å². The molecule has 2 aromatic carbocycles. The number of aromatic nitrogens is 2. The number of nitrogens with zero attached hydrogens (tertiary/aromatic N) is 2. The molecule has 1 fully saturated rings. The minimum absolute atomic E-state index is 0.0441.